The lowest BCUT2D eigenvalue weighted by atomic mass is 10.1. The largest absolute Gasteiger partial charge is 0.356 e. The maximum absolute atomic E-state index is 4.28. The molecule has 0 saturated heterocycles. The number of benzene rings is 1. The lowest BCUT2D eigenvalue weighted by Crippen LogP contribution is -2.37. The Labute approximate surface area is 138 Å². The molecule has 0 fully saturated rings. The fraction of sp³-hybridized carbons (Fsp3) is 0.444. The van der Waals surface area contributed by atoms with Crippen LogP contribution < -0.4 is 10.6 Å². The molecule has 0 amide bonds. The van der Waals surface area contributed by atoms with E-state index in [1.54, 1.807) is 0 Å². The highest BCUT2D eigenvalue weighted by Crippen LogP contribution is 2.10. The third-order valence-corrected chi connectivity index (χ3v) is 3.75. The second kappa shape index (κ2) is 9.66. The molecule has 1 aromatic carbocycles. The van der Waals surface area contributed by atoms with Crippen molar-refractivity contribution in [1.82, 2.24) is 20.4 Å². The average Bonchev–Trinajstić information content (AvgIpc) is 3.08. The van der Waals surface area contributed by atoms with Crippen LogP contribution in [0.4, 0.5) is 0 Å². The molecule has 2 aromatic rings. The maximum Gasteiger partial charge on any atom is 0.191 e. The van der Waals surface area contributed by atoms with E-state index in [2.05, 4.69) is 51.9 Å². The summed E-state index contributed by atoms with van der Waals surface area (Å²) in [7, 11) is 1.81. The van der Waals surface area contributed by atoms with E-state index in [9.17, 15) is 0 Å². The molecule has 23 heavy (non-hydrogen) atoms. The topological polar surface area (TPSA) is 54.2 Å². The first kappa shape index (κ1) is 17.1. The first-order valence-corrected chi connectivity index (χ1v) is 8.32. The van der Waals surface area contributed by atoms with Crippen molar-refractivity contribution in [2.24, 2.45) is 4.99 Å². The van der Waals surface area contributed by atoms with E-state index in [1.165, 1.54) is 30.4 Å². The van der Waals surface area contributed by atoms with Gasteiger partial charge in [0.15, 0.2) is 5.96 Å². The van der Waals surface area contributed by atoms with Crippen molar-refractivity contribution >= 4 is 5.96 Å². The molecule has 0 spiro atoms. The first-order valence-electron chi connectivity index (χ1n) is 8.32. The van der Waals surface area contributed by atoms with Crippen molar-refractivity contribution in [3.05, 3.63) is 53.9 Å². The molecular formula is C18H27N5. The summed E-state index contributed by atoms with van der Waals surface area (Å²) in [6.07, 6.45) is 7.44. The number of aromatic nitrogens is 2. The molecule has 1 heterocycles. The number of nitrogens with zero attached hydrogens (tertiary/aromatic N) is 3. The van der Waals surface area contributed by atoms with Gasteiger partial charge in [-0.05, 0) is 23.6 Å². The highest BCUT2D eigenvalue weighted by atomic mass is 15.3. The van der Waals surface area contributed by atoms with Gasteiger partial charge in [-0.1, -0.05) is 44.0 Å². The summed E-state index contributed by atoms with van der Waals surface area (Å²) in [6.45, 7) is 4.71. The van der Waals surface area contributed by atoms with Gasteiger partial charge in [0.2, 0.25) is 0 Å². The van der Waals surface area contributed by atoms with Crippen LogP contribution >= 0.6 is 0 Å². The zero-order valence-corrected chi connectivity index (χ0v) is 14.1. The zero-order valence-electron chi connectivity index (χ0n) is 14.1. The molecule has 0 bridgehead atoms. The van der Waals surface area contributed by atoms with Crippen LogP contribution in [0.15, 0.2) is 47.7 Å². The molecule has 0 aliphatic heterocycles. The van der Waals surface area contributed by atoms with Crippen LogP contribution in [0.2, 0.25) is 0 Å². The van der Waals surface area contributed by atoms with Gasteiger partial charge >= 0.3 is 0 Å². The molecule has 0 aliphatic rings. The van der Waals surface area contributed by atoms with Crippen LogP contribution in [0.1, 0.15) is 37.3 Å². The number of guanidine groups is 1. The molecule has 0 atom stereocenters. The number of aliphatic imine (C=N–C) groups is 1. The Morgan fingerprint density at radius 1 is 1.13 bits per heavy atom. The lowest BCUT2D eigenvalue weighted by Gasteiger charge is -2.14. The summed E-state index contributed by atoms with van der Waals surface area (Å²) in [4.78, 5) is 4.28. The Balaban J connectivity index is 1.89. The highest BCUT2D eigenvalue weighted by Gasteiger charge is 2.04. The molecule has 5 nitrogen and oxygen atoms in total. The van der Waals surface area contributed by atoms with Gasteiger partial charge in [-0.15, -0.1) is 0 Å². The van der Waals surface area contributed by atoms with E-state index in [4.69, 9.17) is 0 Å². The van der Waals surface area contributed by atoms with E-state index in [1.807, 2.05) is 30.2 Å². The van der Waals surface area contributed by atoms with Gasteiger partial charge in [0.1, 0.15) is 0 Å². The van der Waals surface area contributed by atoms with E-state index < -0.39 is 0 Å². The normalized spacial score (nSPS) is 11.5. The van der Waals surface area contributed by atoms with Crippen molar-refractivity contribution in [2.75, 3.05) is 13.6 Å². The molecule has 2 N–H and O–H groups in total. The van der Waals surface area contributed by atoms with Crippen molar-refractivity contribution in [1.29, 1.82) is 0 Å². The predicted octanol–water partition coefficient (Wildman–Crippen LogP) is 2.79. The van der Waals surface area contributed by atoms with Crippen molar-refractivity contribution in [3.63, 3.8) is 0 Å². The van der Waals surface area contributed by atoms with Crippen LogP contribution in [0.5, 0.6) is 0 Å². The van der Waals surface area contributed by atoms with Gasteiger partial charge in [-0.3, -0.25) is 9.67 Å². The van der Waals surface area contributed by atoms with E-state index in [-0.39, 0.29) is 0 Å². The first-order chi connectivity index (χ1) is 11.3. The van der Waals surface area contributed by atoms with Crippen molar-refractivity contribution in [2.45, 2.75) is 39.3 Å². The van der Waals surface area contributed by atoms with Gasteiger partial charge in [0.25, 0.3) is 0 Å². The number of unbranched alkanes of at least 4 members (excludes halogenated alkanes) is 2. The van der Waals surface area contributed by atoms with Crippen LogP contribution in [-0.4, -0.2) is 29.3 Å². The quantitative estimate of drug-likeness (QED) is 0.448. The Hall–Kier alpha value is -2.30. The summed E-state index contributed by atoms with van der Waals surface area (Å²) in [5.74, 6) is 0.856. The molecular weight excluding hydrogens is 286 g/mol. The molecule has 1 aromatic heterocycles. The molecule has 0 radical (unpaired) electrons. The van der Waals surface area contributed by atoms with Crippen LogP contribution in [0, 0.1) is 0 Å². The Morgan fingerprint density at radius 2 is 1.96 bits per heavy atom. The SMILES string of the molecule is CCCCCNC(=NC)NCc1ccccc1Cn1cccn1. The molecule has 2 rings (SSSR count). The Morgan fingerprint density at radius 3 is 2.65 bits per heavy atom. The minimum Gasteiger partial charge on any atom is -0.356 e. The smallest absolute Gasteiger partial charge is 0.191 e. The molecule has 5 heteroatoms. The average molecular weight is 313 g/mol. The minimum atomic E-state index is 0.755. The van der Waals surface area contributed by atoms with E-state index >= 15 is 0 Å². The summed E-state index contributed by atoms with van der Waals surface area (Å²) >= 11 is 0. The number of hydrogen-bond donors (Lipinski definition) is 2. The summed E-state index contributed by atoms with van der Waals surface area (Å²) in [6, 6.07) is 10.4. The summed E-state index contributed by atoms with van der Waals surface area (Å²) in [5.41, 5.74) is 2.53. The highest BCUT2D eigenvalue weighted by molar-refractivity contribution is 5.79. The predicted molar refractivity (Wildman–Crippen MR) is 95.5 cm³/mol. The van der Waals surface area contributed by atoms with Crippen LogP contribution in [-0.2, 0) is 13.1 Å². The van der Waals surface area contributed by atoms with E-state index in [0.717, 1.165) is 25.6 Å². The third kappa shape index (κ3) is 5.77. The number of hydrogen-bond acceptors (Lipinski definition) is 2. The lowest BCUT2D eigenvalue weighted by molar-refractivity contribution is 0.671. The zero-order chi connectivity index (χ0) is 16.3. The monoisotopic (exact) mass is 313 g/mol. The van der Waals surface area contributed by atoms with Gasteiger partial charge < -0.3 is 10.6 Å². The van der Waals surface area contributed by atoms with E-state index in [0.29, 0.717) is 0 Å². The van der Waals surface area contributed by atoms with Gasteiger partial charge in [0.05, 0.1) is 6.54 Å². The Bertz CT molecular complexity index is 589. The van der Waals surface area contributed by atoms with Crippen molar-refractivity contribution < 1.29 is 0 Å². The summed E-state index contributed by atoms with van der Waals surface area (Å²) in [5, 5.41) is 11.0. The number of nitrogens with one attached hydrogen (secondary N) is 2. The molecule has 0 unspecified atom stereocenters. The second-order valence-corrected chi connectivity index (χ2v) is 5.53. The summed E-state index contributed by atoms with van der Waals surface area (Å²) < 4.78 is 1.94. The minimum absolute atomic E-state index is 0.755. The fourth-order valence-corrected chi connectivity index (χ4v) is 2.43. The van der Waals surface area contributed by atoms with Gasteiger partial charge in [-0.25, -0.2) is 0 Å². The van der Waals surface area contributed by atoms with Crippen LogP contribution in [0.3, 0.4) is 0 Å². The molecule has 0 saturated carbocycles. The van der Waals surface area contributed by atoms with Crippen LogP contribution in [0.25, 0.3) is 0 Å². The van der Waals surface area contributed by atoms with Gasteiger partial charge in [-0.2, -0.15) is 5.10 Å². The van der Waals surface area contributed by atoms with Crippen molar-refractivity contribution in [3.8, 4) is 0 Å². The maximum atomic E-state index is 4.28. The fourth-order valence-electron chi connectivity index (χ4n) is 2.43. The standard InChI is InChI=1S/C18H27N5/c1-3-4-7-11-20-18(19-2)21-14-16-9-5-6-10-17(16)15-23-13-8-12-22-23/h5-6,8-10,12-13H,3-4,7,11,14-15H2,1-2H3,(H2,19,20,21). The number of rotatable bonds is 8. The third-order valence-electron chi connectivity index (χ3n) is 3.75. The Kier molecular flexibility index (Phi) is 7.17. The molecule has 124 valence electrons. The molecule has 0 aliphatic carbocycles. The van der Waals surface area contributed by atoms with Gasteiger partial charge in [0, 0.05) is 32.5 Å². The second-order valence-electron chi connectivity index (χ2n) is 5.53.